The molecule has 0 saturated carbocycles. The second kappa shape index (κ2) is 7.41. The summed E-state index contributed by atoms with van der Waals surface area (Å²) in [6.45, 7) is 4.62. The van der Waals surface area contributed by atoms with Crippen LogP contribution in [-0.2, 0) is 9.05 Å². The summed E-state index contributed by atoms with van der Waals surface area (Å²) in [5.74, 6) is 1.96. The minimum Gasteiger partial charge on any atom is -0.493 e. The van der Waals surface area contributed by atoms with Crippen molar-refractivity contribution in [3.63, 3.8) is 0 Å². The molecule has 19 heavy (non-hydrogen) atoms. The Labute approximate surface area is 124 Å². The highest BCUT2D eigenvalue weighted by atomic mass is 35.7. The summed E-state index contributed by atoms with van der Waals surface area (Å²) >= 11 is 1.78. The molecule has 0 radical (unpaired) electrons. The molecule has 0 N–H and O–H groups in total. The maximum atomic E-state index is 11.3. The first-order valence-electron chi connectivity index (χ1n) is 6.06. The molecule has 0 amide bonds. The normalized spacial score (nSPS) is 11.8. The van der Waals surface area contributed by atoms with Gasteiger partial charge in [0.15, 0.2) is 0 Å². The molecule has 3 nitrogen and oxygen atoms in total. The lowest BCUT2D eigenvalue weighted by molar-refractivity contribution is 0.314. The standard InChI is InChI=1S/C13H19ClO3S2/c1-10(2)12-9-11(19(14,15)16)5-6-13(12)17-7-4-8-18-3/h5-6,9-10H,4,7-8H2,1-3H3. The van der Waals surface area contributed by atoms with E-state index in [0.29, 0.717) is 6.61 Å². The summed E-state index contributed by atoms with van der Waals surface area (Å²) in [4.78, 5) is 0.120. The van der Waals surface area contributed by atoms with E-state index in [9.17, 15) is 8.42 Å². The van der Waals surface area contributed by atoms with Crippen LogP contribution < -0.4 is 4.74 Å². The van der Waals surface area contributed by atoms with Gasteiger partial charge < -0.3 is 4.74 Å². The van der Waals surface area contributed by atoms with Gasteiger partial charge >= 0.3 is 0 Å². The van der Waals surface area contributed by atoms with E-state index in [1.54, 1.807) is 23.9 Å². The van der Waals surface area contributed by atoms with Crippen molar-refractivity contribution >= 4 is 31.5 Å². The van der Waals surface area contributed by atoms with Gasteiger partial charge in [-0.2, -0.15) is 11.8 Å². The maximum Gasteiger partial charge on any atom is 0.261 e. The lowest BCUT2D eigenvalue weighted by atomic mass is 10.0. The molecule has 0 aliphatic heterocycles. The van der Waals surface area contributed by atoms with Crippen LogP contribution in [0, 0.1) is 0 Å². The second-order valence-corrected chi connectivity index (χ2v) is 8.04. The van der Waals surface area contributed by atoms with Crippen LogP contribution in [0.5, 0.6) is 5.75 Å². The first-order valence-corrected chi connectivity index (χ1v) is 9.77. The van der Waals surface area contributed by atoms with E-state index in [1.165, 1.54) is 6.07 Å². The summed E-state index contributed by atoms with van der Waals surface area (Å²) < 4.78 is 28.4. The Balaban J connectivity index is 2.93. The molecule has 0 atom stereocenters. The van der Waals surface area contributed by atoms with Gasteiger partial charge in [0, 0.05) is 10.7 Å². The molecule has 0 heterocycles. The molecule has 0 aliphatic carbocycles. The van der Waals surface area contributed by atoms with Gasteiger partial charge in [-0.1, -0.05) is 13.8 Å². The number of hydrogen-bond donors (Lipinski definition) is 0. The highest BCUT2D eigenvalue weighted by molar-refractivity contribution is 8.13. The van der Waals surface area contributed by atoms with Gasteiger partial charge in [-0.05, 0) is 48.1 Å². The minimum atomic E-state index is -3.69. The molecular formula is C13H19ClO3S2. The zero-order valence-corrected chi connectivity index (χ0v) is 13.7. The predicted molar refractivity (Wildman–Crippen MR) is 82.1 cm³/mol. The van der Waals surface area contributed by atoms with Crippen LogP contribution in [0.2, 0.25) is 0 Å². The quantitative estimate of drug-likeness (QED) is 0.564. The Morgan fingerprint density at radius 1 is 1.37 bits per heavy atom. The Hall–Kier alpha value is -0.390. The highest BCUT2D eigenvalue weighted by Crippen LogP contribution is 2.30. The van der Waals surface area contributed by atoms with E-state index in [-0.39, 0.29) is 10.8 Å². The molecule has 108 valence electrons. The fraction of sp³-hybridized carbons (Fsp3) is 0.538. The summed E-state index contributed by atoms with van der Waals surface area (Å²) in [6, 6.07) is 4.76. The molecule has 6 heteroatoms. The van der Waals surface area contributed by atoms with Crippen molar-refractivity contribution in [1.82, 2.24) is 0 Å². The largest absolute Gasteiger partial charge is 0.493 e. The van der Waals surface area contributed by atoms with Crippen molar-refractivity contribution < 1.29 is 13.2 Å². The summed E-state index contributed by atoms with van der Waals surface area (Å²) in [7, 11) is 1.67. The third-order valence-electron chi connectivity index (χ3n) is 2.64. The van der Waals surface area contributed by atoms with Crippen molar-refractivity contribution in [3.05, 3.63) is 23.8 Å². The molecule has 0 bridgehead atoms. The van der Waals surface area contributed by atoms with E-state index < -0.39 is 9.05 Å². The van der Waals surface area contributed by atoms with Crippen LogP contribution in [-0.4, -0.2) is 27.0 Å². The van der Waals surface area contributed by atoms with Gasteiger partial charge in [0.2, 0.25) is 0 Å². The number of halogens is 1. The van der Waals surface area contributed by atoms with E-state index in [0.717, 1.165) is 23.5 Å². The average molecular weight is 323 g/mol. The third-order valence-corrected chi connectivity index (χ3v) is 4.68. The monoisotopic (exact) mass is 322 g/mol. The lowest BCUT2D eigenvalue weighted by Crippen LogP contribution is -2.03. The summed E-state index contributed by atoms with van der Waals surface area (Å²) in [6.07, 6.45) is 3.02. The van der Waals surface area contributed by atoms with E-state index in [1.807, 2.05) is 13.8 Å². The van der Waals surface area contributed by atoms with Crippen LogP contribution in [0.3, 0.4) is 0 Å². The second-order valence-electron chi connectivity index (χ2n) is 4.49. The van der Waals surface area contributed by atoms with Gasteiger partial charge in [-0.3, -0.25) is 0 Å². The first-order chi connectivity index (χ1) is 8.86. The zero-order valence-electron chi connectivity index (χ0n) is 11.3. The Morgan fingerprint density at radius 3 is 2.58 bits per heavy atom. The summed E-state index contributed by atoms with van der Waals surface area (Å²) in [5.41, 5.74) is 0.867. The fourth-order valence-corrected chi connectivity index (χ4v) is 2.84. The van der Waals surface area contributed by atoms with E-state index in [2.05, 4.69) is 6.26 Å². The highest BCUT2D eigenvalue weighted by Gasteiger charge is 2.15. The molecule has 0 aromatic heterocycles. The van der Waals surface area contributed by atoms with Crippen LogP contribution in [0.1, 0.15) is 31.7 Å². The Morgan fingerprint density at radius 2 is 2.05 bits per heavy atom. The number of hydrogen-bond acceptors (Lipinski definition) is 4. The van der Waals surface area contributed by atoms with Crippen molar-refractivity contribution in [2.45, 2.75) is 31.1 Å². The molecule has 0 unspecified atom stereocenters. The topological polar surface area (TPSA) is 43.4 Å². The van der Waals surface area contributed by atoms with E-state index >= 15 is 0 Å². The molecule has 1 aromatic carbocycles. The minimum absolute atomic E-state index is 0.120. The molecule has 0 aliphatic rings. The maximum absolute atomic E-state index is 11.3. The SMILES string of the molecule is CSCCCOc1ccc(S(=O)(=O)Cl)cc1C(C)C. The lowest BCUT2D eigenvalue weighted by Gasteiger charge is -2.14. The third kappa shape index (κ3) is 5.24. The van der Waals surface area contributed by atoms with Crippen LogP contribution in [0.4, 0.5) is 0 Å². The predicted octanol–water partition coefficient (Wildman–Crippen LogP) is 3.87. The van der Waals surface area contributed by atoms with Crippen molar-refractivity contribution in [1.29, 1.82) is 0 Å². The number of rotatable bonds is 7. The van der Waals surface area contributed by atoms with Crippen LogP contribution in [0.25, 0.3) is 0 Å². The van der Waals surface area contributed by atoms with Crippen molar-refractivity contribution in [2.75, 3.05) is 18.6 Å². The smallest absolute Gasteiger partial charge is 0.261 e. The average Bonchev–Trinajstić information content (AvgIpc) is 2.33. The fourth-order valence-electron chi connectivity index (χ4n) is 1.65. The Kier molecular flexibility index (Phi) is 6.50. The number of benzene rings is 1. The molecule has 1 rings (SSSR count). The first kappa shape index (κ1) is 16.7. The van der Waals surface area contributed by atoms with Crippen molar-refractivity contribution in [2.24, 2.45) is 0 Å². The van der Waals surface area contributed by atoms with Crippen LogP contribution in [0.15, 0.2) is 23.1 Å². The summed E-state index contributed by atoms with van der Waals surface area (Å²) in [5, 5.41) is 0. The van der Waals surface area contributed by atoms with Gasteiger partial charge in [-0.15, -0.1) is 0 Å². The van der Waals surface area contributed by atoms with Crippen LogP contribution >= 0.6 is 22.4 Å². The number of ether oxygens (including phenoxy) is 1. The van der Waals surface area contributed by atoms with E-state index in [4.69, 9.17) is 15.4 Å². The van der Waals surface area contributed by atoms with Gasteiger partial charge in [0.1, 0.15) is 5.75 Å². The van der Waals surface area contributed by atoms with Gasteiger partial charge in [0.05, 0.1) is 11.5 Å². The Bertz CT molecular complexity index is 513. The molecular weight excluding hydrogens is 304 g/mol. The molecule has 0 fully saturated rings. The van der Waals surface area contributed by atoms with Crippen molar-refractivity contribution in [3.8, 4) is 5.75 Å². The van der Waals surface area contributed by atoms with Gasteiger partial charge in [0.25, 0.3) is 9.05 Å². The molecule has 1 aromatic rings. The number of thioether (sulfide) groups is 1. The van der Waals surface area contributed by atoms with Gasteiger partial charge in [-0.25, -0.2) is 8.42 Å². The zero-order chi connectivity index (χ0) is 14.5. The molecule has 0 saturated heterocycles. The molecule has 0 spiro atoms.